The number of rotatable bonds is 7. The zero-order chi connectivity index (χ0) is 10.3. The quantitative estimate of drug-likeness (QED) is 0.475. The molecule has 0 radical (unpaired) electrons. The van der Waals surface area contributed by atoms with Crippen LogP contribution in [0, 0.1) is 11.8 Å². The van der Waals surface area contributed by atoms with E-state index in [0.717, 1.165) is 28.7 Å². The minimum atomic E-state index is 0.432. The van der Waals surface area contributed by atoms with E-state index in [1.54, 1.807) is 0 Å². The van der Waals surface area contributed by atoms with Crippen molar-refractivity contribution in [2.45, 2.75) is 46.1 Å². The predicted octanol–water partition coefficient (Wildman–Crippen LogP) is 2.35. The van der Waals surface area contributed by atoms with Gasteiger partial charge in [-0.05, 0) is 31.6 Å². The van der Waals surface area contributed by atoms with Gasteiger partial charge in [-0.2, -0.15) is 0 Å². The molecule has 0 spiro atoms. The van der Waals surface area contributed by atoms with Gasteiger partial charge in [0.1, 0.15) is 10.5 Å². The highest BCUT2D eigenvalue weighted by Gasteiger charge is 2.20. The first-order valence-corrected chi connectivity index (χ1v) is 6.61. The van der Waals surface area contributed by atoms with Crippen molar-refractivity contribution in [1.82, 2.24) is 0 Å². The molecule has 0 aromatic heterocycles. The molecule has 0 bridgehead atoms. The molecule has 0 rings (SSSR count). The minimum absolute atomic E-state index is 0.432. The SMILES string of the molecule is CCC(C(C)CCCCl)C(C)O[SiH3]. The van der Waals surface area contributed by atoms with Crippen LogP contribution >= 0.6 is 11.6 Å². The summed E-state index contributed by atoms with van der Waals surface area (Å²) in [5, 5.41) is 0. The summed E-state index contributed by atoms with van der Waals surface area (Å²) >= 11 is 5.68. The maximum absolute atomic E-state index is 5.68. The predicted molar refractivity (Wildman–Crippen MR) is 63.4 cm³/mol. The third kappa shape index (κ3) is 5.04. The van der Waals surface area contributed by atoms with Crippen molar-refractivity contribution in [3.05, 3.63) is 0 Å². The molecule has 3 heteroatoms. The van der Waals surface area contributed by atoms with Gasteiger partial charge >= 0.3 is 0 Å². The first kappa shape index (κ1) is 13.5. The number of hydrogen-bond acceptors (Lipinski definition) is 1. The standard InChI is InChI=1S/C10H23ClOSi/c1-4-10(9(3)12-13)8(2)6-5-7-11/h8-10H,4-7H2,1-3,13H3. The summed E-state index contributed by atoms with van der Waals surface area (Å²) in [7, 11) is 0.850. The average Bonchev–Trinajstić information content (AvgIpc) is 2.15. The third-order valence-electron chi connectivity index (χ3n) is 2.97. The van der Waals surface area contributed by atoms with E-state index in [1.807, 2.05) is 0 Å². The monoisotopic (exact) mass is 222 g/mol. The smallest absolute Gasteiger partial charge is 0.146 e. The fraction of sp³-hybridized carbons (Fsp3) is 1.00. The Labute approximate surface area is 90.7 Å². The highest BCUT2D eigenvalue weighted by molar-refractivity contribution is 6.17. The maximum atomic E-state index is 5.68. The summed E-state index contributed by atoms with van der Waals surface area (Å²) in [6.07, 6.45) is 4.01. The molecule has 0 N–H and O–H groups in total. The Bertz CT molecular complexity index is 121. The van der Waals surface area contributed by atoms with Gasteiger partial charge in [0.25, 0.3) is 0 Å². The Hall–Kier alpha value is 0.467. The van der Waals surface area contributed by atoms with Crippen LogP contribution in [0.2, 0.25) is 0 Å². The molecule has 0 fully saturated rings. The highest BCUT2D eigenvalue weighted by atomic mass is 35.5. The van der Waals surface area contributed by atoms with Crippen LogP contribution in [-0.2, 0) is 4.43 Å². The Balaban J connectivity index is 3.90. The molecule has 0 saturated heterocycles. The van der Waals surface area contributed by atoms with Gasteiger partial charge in [0.05, 0.1) is 0 Å². The van der Waals surface area contributed by atoms with Crippen molar-refractivity contribution >= 4 is 22.1 Å². The van der Waals surface area contributed by atoms with Gasteiger partial charge in [0.2, 0.25) is 0 Å². The van der Waals surface area contributed by atoms with Crippen molar-refractivity contribution in [3.8, 4) is 0 Å². The van der Waals surface area contributed by atoms with Crippen molar-refractivity contribution in [1.29, 1.82) is 0 Å². The van der Waals surface area contributed by atoms with Crippen molar-refractivity contribution in [3.63, 3.8) is 0 Å². The van der Waals surface area contributed by atoms with Gasteiger partial charge in [-0.3, -0.25) is 0 Å². The van der Waals surface area contributed by atoms with Crippen LogP contribution in [0.1, 0.15) is 40.0 Å². The lowest BCUT2D eigenvalue weighted by atomic mass is 9.84. The summed E-state index contributed by atoms with van der Waals surface area (Å²) in [5.74, 6) is 2.24. The molecular weight excluding hydrogens is 200 g/mol. The van der Waals surface area contributed by atoms with Gasteiger partial charge in [0.15, 0.2) is 0 Å². The summed E-state index contributed by atoms with van der Waals surface area (Å²) in [5.41, 5.74) is 0. The second-order valence-electron chi connectivity index (χ2n) is 3.82. The van der Waals surface area contributed by atoms with Crippen molar-refractivity contribution in [2.75, 3.05) is 5.88 Å². The lowest BCUT2D eigenvalue weighted by molar-refractivity contribution is 0.118. The van der Waals surface area contributed by atoms with Gasteiger partial charge in [-0.15, -0.1) is 11.6 Å². The molecule has 0 amide bonds. The van der Waals surface area contributed by atoms with Crippen LogP contribution in [0.3, 0.4) is 0 Å². The molecule has 0 heterocycles. The van der Waals surface area contributed by atoms with Crippen LogP contribution < -0.4 is 0 Å². The van der Waals surface area contributed by atoms with Crippen molar-refractivity contribution < 1.29 is 4.43 Å². The molecule has 13 heavy (non-hydrogen) atoms. The lowest BCUT2D eigenvalue weighted by Crippen LogP contribution is -2.25. The first-order valence-electron chi connectivity index (χ1n) is 5.26. The van der Waals surface area contributed by atoms with Gasteiger partial charge < -0.3 is 4.43 Å². The van der Waals surface area contributed by atoms with Gasteiger partial charge in [-0.25, -0.2) is 0 Å². The summed E-state index contributed by atoms with van der Waals surface area (Å²) in [6, 6.07) is 0. The van der Waals surface area contributed by atoms with E-state index in [4.69, 9.17) is 16.0 Å². The first-order chi connectivity index (χ1) is 6.17. The lowest BCUT2D eigenvalue weighted by Gasteiger charge is -2.28. The second-order valence-corrected chi connectivity index (χ2v) is 4.67. The number of alkyl halides is 1. The van der Waals surface area contributed by atoms with Crippen molar-refractivity contribution in [2.24, 2.45) is 11.8 Å². The fourth-order valence-electron chi connectivity index (χ4n) is 1.98. The molecular formula is C10H23ClOSi. The Morgan fingerprint density at radius 2 is 2.00 bits per heavy atom. The van der Waals surface area contributed by atoms with E-state index < -0.39 is 0 Å². The van der Waals surface area contributed by atoms with Crippen LogP contribution in [0.15, 0.2) is 0 Å². The van der Waals surface area contributed by atoms with E-state index in [1.165, 1.54) is 12.8 Å². The summed E-state index contributed by atoms with van der Waals surface area (Å²) < 4.78 is 5.51. The van der Waals surface area contributed by atoms with Crippen LogP contribution in [0.25, 0.3) is 0 Å². The molecule has 3 atom stereocenters. The van der Waals surface area contributed by atoms with Crippen LogP contribution in [0.5, 0.6) is 0 Å². The maximum Gasteiger partial charge on any atom is 0.146 e. The molecule has 1 nitrogen and oxygen atoms in total. The van der Waals surface area contributed by atoms with E-state index >= 15 is 0 Å². The van der Waals surface area contributed by atoms with E-state index in [2.05, 4.69) is 20.8 Å². The summed E-state index contributed by atoms with van der Waals surface area (Å²) in [4.78, 5) is 0. The van der Waals surface area contributed by atoms with Gasteiger partial charge in [-0.1, -0.05) is 20.3 Å². The molecule has 0 saturated carbocycles. The van der Waals surface area contributed by atoms with E-state index in [9.17, 15) is 0 Å². The fourth-order valence-corrected chi connectivity index (χ4v) is 2.49. The van der Waals surface area contributed by atoms with E-state index in [0.29, 0.717) is 12.0 Å². The third-order valence-corrected chi connectivity index (χ3v) is 3.98. The number of hydrogen-bond donors (Lipinski definition) is 0. The molecule has 0 aromatic rings. The zero-order valence-corrected chi connectivity index (χ0v) is 12.1. The molecule has 0 aliphatic carbocycles. The Morgan fingerprint density at radius 1 is 1.38 bits per heavy atom. The number of halogens is 1. The van der Waals surface area contributed by atoms with E-state index in [-0.39, 0.29) is 0 Å². The Kier molecular flexibility index (Phi) is 8.11. The zero-order valence-electron chi connectivity index (χ0n) is 9.35. The minimum Gasteiger partial charge on any atom is -0.425 e. The summed E-state index contributed by atoms with van der Waals surface area (Å²) in [6.45, 7) is 6.76. The molecule has 80 valence electrons. The van der Waals surface area contributed by atoms with Crippen LogP contribution in [-0.4, -0.2) is 22.5 Å². The average molecular weight is 223 g/mol. The molecule has 0 aromatic carbocycles. The topological polar surface area (TPSA) is 9.23 Å². The normalized spacial score (nSPS) is 18.5. The second kappa shape index (κ2) is 7.83. The van der Waals surface area contributed by atoms with Gasteiger partial charge in [0, 0.05) is 12.0 Å². The molecule has 0 aliphatic heterocycles. The highest BCUT2D eigenvalue weighted by Crippen LogP contribution is 2.25. The largest absolute Gasteiger partial charge is 0.425 e. The van der Waals surface area contributed by atoms with Crippen LogP contribution in [0.4, 0.5) is 0 Å². The Morgan fingerprint density at radius 3 is 2.38 bits per heavy atom. The molecule has 3 unspecified atom stereocenters. The molecule has 0 aliphatic rings.